The highest BCUT2D eigenvalue weighted by Gasteiger charge is 2.66. The van der Waals surface area contributed by atoms with Gasteiger partial charge in [-0.2, -0.15) is 0 Å². The Bertz CT molecular complexity index is 817. The number of aliphatic imine (C=N–C) groups is 1. The number of benzene rings is 1. The van der Waals surface area contributed by atoms with Crippen LogP contribution in [0.1, 0.15) is 50.7 Å². The van der Waals surface area contributed by atoms with E-state index in [0.29, 0.717) is 19.4 Å². The van der Waals surface area contributed by atoms with Crippen LogP contribution in [0.3, 0.4) is 0 Å². The van der Waals surface area contributed by atoms with Gasteiger partial charge in [-0.15, -0.1) is 0 Å². The molecule has 1 heterocycles. The molecule has 1 aliphatic heterocycles. The lowest BCUT2D eigenvalue weighted by Gasteiger charge is -2.45. The van der Waals surface area contributed by atoms with Gasteiger partial charge in [0.15, 0.2) is 17.9 Å². The molecule has 1 amide bonds. The van der Waals surface area contributed by atoms with Gasteiger partial charge >= 0.3 is 0 Å². The summed E-state index contributed by atoms with van der Waals surface area (Å²) in [6.07, 6.45) is 2.22. The van der Waals surface area contributed by atoms with Crippen molar-refractivity contribution in [2.75, 3.05) is 13.7 Å². The Balaban J connectivity index is 1.77. The van der Waals surface area contributed by atoms with E-state index in [2.05, 4.69) is 0 Å². The summed E-state index contributed by atoms with van der Waals surface area (Å²) in [7, 11) is 1.67. The number of carbonyl (C=O) groups is 1. The Morgan fingerprint density at radius 1 is 1.39 bits per heavy atom. The van der Waals surface area contributed by atoms with Crippen molar-refractivity contribution in [2.45, 2.75) is 64.0 Å². The number of nitrogens with zero attached hydrogens (tertiary/aromatic N) is 2. The summed E-state index contributed by atoms with van der Waals surface area (Å²) in [6, 6.07) is 5.94. The van der Waals surface area contributed by atoms with Gasteiger partial charge in [0.2, 0.25) is 0 Å². The zero-order valence-corrected chi connectivity index (χ0v) is 16.7. The van der Waals surface area contributed by atoms with Crippen molar-refractivity contribution >= 4 is 11.9 Å². The highest BCUT2D eigenvalue weighted by molar-refractivity contribution is 6.08. The maximum Gasteiger partial charge on any atom is 0.262 e. The largest absolute Gasteiger partial charge is 0.494 e. The van der Waals surface area contributed by atoms with Gasteiger partial charge in [0.05, 0.1) is 12.7 Å². The first-order valence-corrected chi connectivity index (χ1v) is 10.0. The zero-order valence-electron chi connectivity index (χ0n) is 16.7. The molecular weight excluding hydrogens is 361 g/mol. The zero-order chi connectivity index (χ0) is 20.1. The highest BCUT2D eigenvalue weighted by atomic mass is 19.1. The van der Waals surface area contributed by atoms with E-state index >= 15 is 0 Å². The van der Waals surface area contributed by atoms with Crippen molar-refractivity contribution in [2.24, 2.45) is 16.1 Å². The van der Waals surface area contributed by atoms with Gasteiger partial charge in [-0.25, -0.2) is 9.38 Å². The number of ether oxygens (including phenoxy) is 2. The number of carbonyl (C=O) groups excluding carboxylic acids is 1. The number of alkyl halides is 1. The van der Waals surface area contributed by atoms with Crippen LogP contribution in [0.4, 0.5) is 4.39 Å². The first-order valence-electron chi connectivity index (χ1n) is 10.0. The van der Waals surface area contributed by atoms with Crippen molar-refractivity contribution in [1.82, 2.24) is 4.90 Å². The van der Waals surface area contributed by atoms with E-state index in [0.717, 1.165) is 36.1 Å². The van der Waals surface area contributed by atoms with Crippen LogP contribution in [0, 0.1) is 5.41 Å². The number of likely N-dealkylation sites (N-methyl/N-ethyl adjacent to an activating group) is 1. The molecule has 0 aromatic heterocycles. The van der Waals surface area contributed by atoms with E-state index < -0.39 is 11.9 Å². The number of nitrogens with two attached hydrogens (primary N) is 1. The third-order valence-electron chi connectivity index (χ3n) is 6.59. The van der Waals surface area contributed by atoms with Gasteiger partial charge in [-0.3, -0.25) is 9.69 Å². The summed E-state index contributed by atoms with van der Waals surface area (Å²) >= 11 is 0. The van der Waals surface area contributed by atoms with Gasteiger partial charge in [0, 0.05) is 12.5 Å². The second-order valence-corrected chi connectivity index (χ2v) is 8.13. The topological polar surface area (TPSA) is 77.2 Å². The minimum absolute atomic E-state index is 0.0874. The number of amides is 1. The van der Waals surface area contributed by atoms with Gasteiger partial charge < -0.3 is 15.2 Å². The fraction of sp³-hybridized carbons (Fsp3) is 0.619. The molecule has 0 bridgehead atoms. The number of halogens is 1. The quantitative estimate of drug-likeness (QED) is 0.859. The molecule has 2 unspecified atom stereocenters. The van der Waals surface area contributed by atoms with Gasteiger partial charge in [0.1, 0.15) is 5.75 Å². The van der Waals surface area contributed by atoms with E-state index in [9.17, 15) is 9.18 Å². The normalized spacial score (nSPS) is 32.7. The van der Waals surface area contributed by atoms with Gasteiger partial charge in [0.25, 0.3) is 5.91 Å². The van der Waals surface area contributed by atoms with E-state index in [1.165, 1.54) is 11.8 Å². The molecule has 1 aromatic carbocycles. The number of hydrogen-bond donors (Lipinski definition) is 1. The molecule has 152 valence electrons. The lowest BCUT2D eigenvalue weighted by atomic mass is 9.61. The van der Waals surface area contributed by atoms with Crippen molar-refractivity contribution in [3.05, 3.63) is 29.3 Å². The summed E-state index contributed by atoms with van der Waals surface area (Å²) in [5.41, 5.74) is 6.72. The molecule has 0 saturated heterocycles. The predicted molar refractivity (Wildman–Crippen MR) is 104 cm³/mol. The van der Waals surface area contributed by atoms with E-state index in [1.54, 1.807) is 7.05 Å². The average molecular weight is 389 g/mol. The molecule has 1 aromatic rings. The Kier molecular flexibility index (Phi) is 4.61. The molecular formula is C21H28FN3O3. The minimum atomic E-state index is -1.28. The second kappa shape index (κ2) is 6.72. The number of fused-ring (bicyclic) bond motifs is 3. The molecule has 2 N–H and O–H groups in total. The Hall–Kier alpha value is -2.15. The van der Waals surface area contributed by atoms with Crippen LogP contribution in [0.5, 0.6) is 5.75 Å². The molecule has 0 radical (unpaired) electrons. The van der Waals surface area contributed by atoms with Crippen LogP contribution < -0.4 is 10.5 Å². The fourth-order valence-corrected chi connectivity index (χ4v) is 5.33. The van der Waals surface area contributed by atoms with E-state index in [-0.39, 0.29) is 23.4 Å². The minimum Gasteiger partial charge on any atom is -0.494 e. The van der Waals surface area contributed by atoms with E-state index in [4.69, 9.17) is 20.2 Å². The smallest absolute Gasteiger partial charge is 0.262 e. The molecule has 28 heavy (non-hydrogen) atoms. The lowest BCUT2D eigenvalue weighted by Crippen LogP contribution is -2.51. The van der Waals surface area contributed by atoms with Crippen LogP contribution >= 0.6 is 0 Å². The fourth-order valence-electron chi connectivity index (χ4n) is 5.33. The summed E-state index contributed by atoms with van der Waals surface area (Å²) in [5, 5.41) is 0. The summed E-state index contributed by atoms with van der Waals surface area (Å²) < 4.78 is 24.4. The molecule has 7 heteroatoms. The maximum atomic E-state index is 13.5. The first-order chi connectivity index (χ1) is 13.3. The van der Waals surface area contributed by atoms with Crippen LogP contribution in [0.2, 0.25) is 0 Å². The molecule has 1 saturated carbocycles. The second-order valence-electron chi connectivity index (χ2n) is 8.13. The molecule has 1 fully saturated rings. The van der Waals surface area contributed by atoms with Crippen LogP contribution in [0.25, 0.3) is 0 Å². The van der Waals surface area contributed by atoms with Gasteiger partial charge in [-0.1, -0.05) is 6.07 Å². The maximum absolute atomic E-state index is 13.5. The van der Waals surface area contributed by atoms with E-state index in [1.807, 2.05) is 25.1 Å². The lowest BCUT2D eigenvalue weighted by molar-refractivity contribution is -0.140. The standard InChI is InChI=1S/C21H28FN3O3/c1-4-27-16-6-5-14-12-20(9-7-15(8-10-20)28-13(2)22)21(17(14)11-16)18(26)25(3)19(23)24-21/h5-6,11,13,15H,4,7-10,12H2,1-3H3,(H2,23,24). The Morgan fingerprint density at radius 2 is 2.11 bits per heavy atom. The Morgan fingerprint density at radius 3 is 2.68 bits per heavy atom. The van der Waals surface area contributed by atoms with Crippen molar-refractivity contribution in [1.29, 1.82) is 0 Å². The molecule has 2 spiro atoms. The third kappa shape index (κ3) is 2.63. The van der Waals surface area contributed by atoms with Crippen molar-refractivity contribution in [3.63, 3.8) is 0 Å². The summed E-state index contributed by atoms with van der Waals surface area (Å²) in [5.74, 6) is 0.891. The molecule has 3 aliphatic rings. The number of hydrogen-bond acceptors (Lipinski definition) is 5. The number of guanidine groups is 1. The monoisotopic (exact) mass is 389 g/mol. The van der Waals surface area contributed by atoms with Crippen molar-refractivity contribution in [3.8, 4) is 5.75 Å². The third-order valence-corrected chi connectivity index (χ3v) is 6.59. The molecule has 2 atom stereocenters. The summed E-state index contributed by atoms with van der Waals surface area (Å²) in [4.78, 5) is 19.7. The number of rotatable bonds is 4. The highest BCUT2D eigenvalue weighted by Crippen LogP contribution is 2.62. The molecule has 6 nitrogen and oxygen atoms in total. The first kappa shape index (κ1) is 19.2. The molecule has 4 rings (SSSR count). The van der Waals surface area contributed by atoms with Crippen LogP contribution in [0.15, 0.2) is 23.2 Å². The van der Waals surface area contributed by atoms with Crippen LogP contribution in [-0.2, 0) is 21.5 Å². The van der Waals surface area contributed by atoms with Crippen LogP contribution in [-0.4, -0.2) is 42.9 Å². The molecule has 2 aliphatic carbocycles. The summed E-state index contributed by atoms with van der Waals surface area (Å²) in [6.45, 7) is 3.89. The predicted octanol–water partition coefficient (Wildman–Crippen LogP) is 2.88. The average Bonchev–Trinajstić information content (AvgIpc) is 3.05. The van der Waals surface area contributed by atoms with Gasteiger partial charge in [-0.05, 0) is 69.2 Å². The Labute approximate surface area is 164 Å². The van der Waals surface area contributed by atoms with Crippen molar-refractivity contribution < 1.29 is 18.7 Å². The SMILES string of the molecule is CCOc1ccc2c(c1)C1(N=C(N)N(C)C1=O)C1(CCC(OC(C)F)CC1)C2.